The van der Waals surface area contributed by atoms with Gasteiger partial charge in [0.05, 0.1) is 0 Å². The van der Waals surface area contributed by atoms with E-state index >= 15 is 0 Å². The molecule has 0 bridgehead atoms. The summed E-state index contributed by atoms with van der Waals surface area (Å²) in [5, 5.41) is 8.39. The molecule has 0 N–H and O–H groups in total. The normalized spacial score (nSPS) is 9.35. The van der Waals surface area contributed by atoms with Crippen LogP contribution in [0.3, 0.4) is 0 Å². The fourth-order valence-electron chi connectivity index (χ4n) is 4.36. The van der Waals surface area contributed by atoms with Crippen LogP contribution in [0.5, 0.6) is 0 Å². The van der Waals surface area contributed by atoms with Crippen LogP contribution >= 0.6 is 15.8 Å². The van der Waals surface area contributed by atoms with Gasteiger partial charge in [-0.1, -0.05) is 182 Å². The second kappa shape index (κ2) is 22.5. The van der Waals surface area contributed by atoms with Crippen molar-refractivity contribution in [3.8, 4) is 0 Å². The largest absolute Gasteiger partial charge is 4.00 e. The molecule has 6 aromatic carbocycles. The Bertz CT molecular complexity index is 1190. The fraction of sp³-hybridized carbons (Fsp3) is 0. The summed E-state index contributed by atoms with van der Waals surface area (Å²) in [5.74, 6) is 0. The van der Waals surface area contributed by atoms with Gasteiger partial charge in [-0.15, -0.1) is 0 Å². The van der Waals surface area contributed by atoms with Gasteiger partial charge in [-0.3, -0.25) is 0 Å². The van der Waals surface area contributed by atoms with Crippen molar-refractivity contribution in [2.75, 3.05) is 0 Å². The fourth-order valence-corrected chi connectivity index (χ4v) is 8.97. The minimum absolute atomic E-state index is 0. The van der Waals surface area contributed by atoms with Gasteiger partial charge in [0.15, 0.2) is 0 Å². The third-order valence-corrected chi connectivity index (χ3v) is 11.0. The summed E-state index contributed by atoms with van der Waals surface area (Å²) < 4.78 is 0. The summed E-state index contributed by atoms with van der Waals surface area (Å²) in [5.41, 5.74) is 0. The van der Waals surface area contributed by atoms with Crippen LogP contribution in [-0.4, -0.2) is 0 Å². The Labute approximate surface area is 298 Å². The Morgan fingerprint density at radius 3 is 0.442 bits per heavy atom. The molecule has 0 saturated heterocycles. The standard InChI is InChI=1S/2C18H15P.4ClH.Pt/c2*1-4-10-16(11-5-1)19(17-12-6-2-7-13-17)18-14-8-3-9-15-18;;;;;/h2*1-15H;4*1H;/q;;;;;;+4/p-4. The van der Waals surface area contributed by atoms with Crippen LogP contribution in [0.4, 0.5) is 0 Å². The molecule has 6 rings (SSSR count). The number of halogens is 4. The molecule has 0 aliphatic rings. The van der Waals surface area contributed by atoms with E-state index in [2.05, 4.69) is 182 Å². The second-order valence-corrected chi connectivity index (χ2v) is 13.1. The zero-order valence-corrected chi connectivity index (χ0v) is 30.1. The molecule has 0 amide bonds. The van der Waals surface area contributed by atoms with E-state index in [1.54, 1.807) is 0 Å². The minimum atomic E-state index is -0.446. The smallest absolute Gasteiger partial charge is 1.00 e. The zero-order chi connectivity index (χ0) is 25.8. The van der Waals surface area contributed by atoms with Gasteiger partial charge >= 0.3 is 21.1 Å². The molecule has 7 heteroatoms. The molecule has 0 atom stereocenters. The van der Waals surface area contributed by atoms with Crippen LogP contribution in [0.15, 0.2) is 182 Å². The summed E-state index contributed by atoms with van der Waals surface area (Å²) in [6, 6.07) is 64.7. The van der Waals surface area contributed by atoms with Crippen molar-refractivity contribution < 1.29 is 70.7 Å². The molecule has 43 heavy (non-hydrogen) atoms. The van der Waals surface area contributed by atoms with Crippen LogP contribution in [0, 0.1) is 0 Å². The summed E-state index contributed by atoms with van der Waals surface area (Å²) in [4.78, 5) is 0. The maximum absolute atomic E-state index is 2.23. The predicted molar refractivity (Wildman–Crippen MR) is 170 cm³/mol. The summed E-state index contributed by atoms with van der Waals surface area (Å²) in [6.45, 7) is 0. The predicted octanol–water partition coefficient (Wildman–Crippen LogP) is -5.10. The molecule has 0 heterocycles. The molecule has 0 saturated carbocycles. The van der Waals surface area contributed by atoms with Crippen LogP contribution in [0.1, 0.15) is 0 Å². The van der Waals surface area contributed by atoms with Crippen LogP contribution in [0.2, 0.25) is 0 Å². The Kier molecular flexibility index (Phi) is 21.5. The molecule has 0 nitrogen and oxygen atoms in total. The number of rotatable bonds is 6. The molecule has 0 aliphatic heterocycles. The quantitative estimate of drug-likeness (QED) is 0.148. The van der Waals surface area contributed by atoms with E-state index in [1.807, 2.05) is 0 Å². The van der Waals surface area contributed by atoms with E-state index in [4.69, 9.17) is 0 Å². The number of hydrogen-bond donors (Lipinski definition) is 0. The van der Waals surface area contributed by atoms with Crippen molar-refractivity contribution in [2.24, 2.45) is 0 Å². The van der Waals surface area contributed by atoms with Gasteiger partial charge in [0.25, 0.3) is 0 Å². The van der Waals surface area contributed by atoms with Gasteiger partial charge in [0, 0.05) is 0 Å². The van der Waals surface area contributed by atoms with Crippen LogP contribution in [-0.2, 0) is 21.1 Å². The van der Waals surface area contributed by atoms with Gasteiger partial charge in [0.2, 0.25) is 0 Å². The minimum Gasteiger partial charge on any atom is -1.00 e. The zero-order valence-electron chi connectivity index (χ0n) is 23.0. The average Bonchev–Trinajstić information content (AvgIpc) is 3.01. The van der Waals surface area contributed by atoms with Crippen LogP contribution < -0.4 is 81.5 Å². The molecule has 0 radical (unpaired) electrons. The average molecular weight is 861 g/mol. The first-order valence-corrected chi connectivity index (χ1v) is 15.5. The molecule has 0 aromatic heterocycles. The van der Waals surface area contributed by atoms with Gasteiger partial charge in [-0.05, 0) is 47.7 Å². The number of hydrogen-bond acceptors (Lipinski definition) is 0. The summed E-state index contributed by atoms with van der Waals surface area (Å²) in [6.07, 6.45) is 0. The van der Waals surface area contributed by atoms with Crippen molar-refractivity contribution in [3.05, 3.63) is 182 Å². The van der Waals surface area contributed by atoms with Crippen molar-refractivity contribution >= 4 is 47.7 Å². The molecule has 6 aromatic rings. The van der Waals surface area contributed by atoms with E-state index in [1.165, 1.54) is 31.8 Å². The first-order chi connectivity index (χ1) is 18.9. The van der Waals surface area contributed by atoms with E-state index in [-0.39, 0.29) is 70.7 Å². The molecule has 222 valence electrons. The Morgan fingerprint density at radius 2 is 0.326 bits per heavy atom. The monoisotopic (exact) mass is 859 g/mol. The van der Waals surface area contributed by atoms with Crippen molar-refractivity contribution in [3.63, 3.8) is 0 Å². The Balaban J connectivity index is 0.000000735. The molecule has 0 spiro atoms. The topological polar surface area (TPSA) is 0 Å². The Morgan fingerprint density at radius 1 is 0.209 bits per heavy atom. The maximum atomic E-state index is 2.23. The maximum Gasteiger partial charge on any atom is 4.00 e. The third-order valence-electron chi connectivity index (χ3n) is 6.09. The molecule has 0 fully saturated rings. The summed E-state index contributed by atoms with van der Waals surface area (Å²) >= 11 is 0. The van der Waals surface area contributed by atoms with Crippen molar-refractivity contribution in [1.29, 1.82) is 0 Å². The number of benzene rings is 6. The molecular weight excluding hydrogens is 831 g/mol. The Hall–Kier alpha value is -1.97. The van der Waals surface area contributed by atoms with Crippen LogP contribution in [0.25, 0.3) is 0 Å². The van der Waals surface area contributed by atoms with Crippen molar-refractivity contribution in [1.82, 2.24) is 0 Å². The summed E-state index contributed by atoms with van der Waals surface area (Å²) in [7, 11) is -0.892. The first kappa shape index (κ1) is 41.0. The first-order valence-electron chi connectivity index (χ1n) is 12.8. The van der Waals surface area contributed by atoms with Gasteiger partial charge in [-0.2, -0.15) is 0 Å². The third kappa shape index (κ3) is 11.8. The van der Waals surface area contributed by atoms with Gasteiger partial charge in [-0.25, -0.2) is 0 Å². The second-order valence-electron chi connectivity index (χ2n) is 8.68. The van der Waals surface area contributed by atoms with E-state index in [0.717, 1.165) is 0 Å². The van der Waals surface area contributed by atoms with E-state index in [9.17, 15) is 0 Å². The van der Waals surface area contributed by atoms with Crippen molar-refractivity contribution in [2.45, 2.75) is 0 Å². The molecular formula is C36H30Cl4P2Pt. The molecule has 0 aliphatic carbocycles. The van der Waals surface area contributed by atoms with Gasteiger partial charge in [0.1, 0.15) is 0 Å². The van der Waals surface area contributed by atoms with Gasteiger partial charge < -0.3 is 49.6 Å². The SMILES string of the molecule is [Cl-].[Cl-].[Cl-].[Cl-].[Pt+4].c1ccc(P(c2ccccc2)c2ccccc2)cc1.c1ccc(P(c2ccccc2)c2ccccc2)cc1. The van der Waals surface area contributed by atoms with E-state index < -0.39 is 15.8 Å². The molecule has 0 unspecified atom stereocenters. The van der Waals surface area contributed by atoms with E-state index in [0.29, 0.717) is 0 Å².